The first kappa shape index (κ1) is 19.2. The van der Waals surface area contributed by atoms with Crippen molar-refractivity contribution < 1.29 is 9.47 Å². The van der Waals surface area contributed by atoms with Gasteiger partial charge < -0.3 is 19.7 Å². The molecule has 142 valence electrons. The van der Waals surface area contributed by atoms with Crippen LogP contribution in [0.1, 0.15) is 6.92 Å². The molecule has 0 radical (unpaired) electrons. The van der Waals surface area contributed by atoms with Crippen LogP contribution >= 0.6 is 12.4 Å². The molecule has 2 heterocycles. The summed E-state index contributed by atoms with van der Waals surface area (Å²) in [6, 6.07) is 15.9. The lowest BCUT2D eigenvalue weighted by molar-refractivity contribution is 0.122. The van der Waals surface area contributed by atoms with Crippen LogP contribution in [0.15, 0.2) is 48.5 Å². The average molecular weight is 387 g/mol. The van der Waals surface area contributed by atoms with Gasteiger partial charge in [0.25, 0.3) is 0 Å². The highest BCUT2D eigenvalue weighted by atomic mass is 35.5. The summed E-state index contributed by atoms with van der Waals surface area (Å²) in [4.78, 5) is 11.7. The van der Waals surface area contributed by atoms with Crippen molar-refractivity contribution in [2.75, 3.05) is 43.1 Å². The lowest BCUT2D eigenvalue weighted by Gasteiger charge is -2.29. The zero-order valence-corrected chi connectivity index (χ0v) is 16.0. The number of nitrogens with one attached hydrogen (secondary N) is 1. The lowest BCUT2D eigenvalue weighted by Crippen LogP contribution is -2.37. The number of para-hydroxylation sites is 1. The molecule has 1 aliphatic heterocycles. The molecule has 0 saturated carbocycles. The van der Waals surface area contributed by atoms with Crippen LogP contribution < -0.4 is 15.0 Å². The van der Waals surface area contributed by atoms with E-state index < -0.39 is 0 Å². The van der Waals surface area contributed by atoms with E-state index in [-0.39, 0.29) is 12.4 Å². The summed E-state index contributed by atoms with van der Waals surface area (Å²) < 4.78 is 11.0. The Bertz CT molecular complexity index is 883. The predicted molar refractivity (Wildman–Crippen MR) is 111 cm³/mol. The minimum atomic E-state index is 0. The molecule has 2 aromatic carbocycles. The second-order valence-electron chi connectivity index (χ2n) is 6.07. The number of nitrogens with zero attached hydrogens (tertiary/aromatic N) is 3. The second kappa shape index (κ2) is 8.88. The van der Waals surface area contributed by atoms with E-state index in [0.29, 0.717) is 12.6 Å². The van der Waals surface area contributed by atoms with Crippen LogP contribution in [0.2, 0.25) is 0 Å². The molecule has 6 nitrogen and oxygen atoms in total. The minimum absolute atomic E-state index is 0. The Morgan fingerprint density at radius 1 is 1.04 bits per heavy atom. The number of anilines is 3. The van der Waals surface area contributed by atoms with Gasteiger partial charge in [-0.15, -0.1) is 12.4 Å². The van der Waals surface area contributed by atoms with Crippen molar-refractivity contribution in [3.8, 4) is 5.75 Å². The van der Waals surface area contributed by atoms with E-state index in [2.05, 4.69) is 21.3 Å². The molecule has 1 N–H and O–H groups in total. The van der Waals surface area contributed by atoms with Crippen molar-refractivity contribution in [1.82, 2.24) is 9.97 Å². The van der Waals surface area contributed by atoms with Gasteiger partial charge in [-0.1, -0.05) is 12.1 Å². The Labute approximate surface area is 164 Å². The van der Waals surface area contributed by atoms with Crippen molar-refractivity contribution in [1.29, 1.82) is 0 Å². The summed E-state index contributed by atoms with van der Waals surface area (Å²) in [6.45, 7) is 5.75. The van der Waals surface area contributed by atoms with Gasteiger partial charge >= 0.3 is 0 Å². The number of rotatable bonds is 5. The standard InChI is InChI=1S/C20H22N4O2.ClH/c1-2-26-16-9-7-15(8-10-16)21-20-22-18-6-4-3-5-17(18)19(23-20)24-11-13-25-14-12-24;/h3-10H,2,11-14H2,1H3,(H,21,22,23);1H. The van der Waals surface area contributed by atoms with Gasteiger partial charge in [0.1, 0.15) is 11.6 Å². The predicted octanol–water partition coefficient (Wildman–Crippen LogP) is 4.03. The Balaban J connectivity index is 0.00000210. The summed E-state index contributed by atoms with van der Waals surface area (Å²) in [5, 5.41) is 4.37. The van der Waals surface area contributed by atoms with E-state index in [1.165, 1.54) is 0 Å². The number of benzene rings is 2. The van der Waals surface area contributed by atoms with Crippen LogP contribution in [-0.4, -0.2) is 42.9 Å². The molecule has 27 heavy (non-hydrogen) atoms. The molecule has 1 aromatic heterocycles. The lowest BCUT2D eigenvalue weighted by atomic mass is 10.2. The minimum Gasteiger partial charge on any atom is -0.494 e. The molecule has 1 aliphatic rings. The quantitative estimate of drug-likeness (QED) is 0.714. The van der Waals surface area contributed by atoms with Gasteiger partial charge in [-0.3, -0.25) is 0 Å². The molecule has 0 bridgehead atoms. The number of fused-ring (bicyclic) bond motifs is 1. The summed E-state index contributed by atoms with van der Waals surface area (Å²) in [5.74, 6) is 2.40. The molecular weight excluding hydrogens is 364 g/mol. The summed E-state index contributed by atoms with van der Waals surface area (Å²) >= 11 is 0. The third-order valence-corrected chi connectivity index (χ3v) is 4.32. The maximum absolute atomic E-state index is 5.49. The average Bonchev–Trinajstić information content (AvgIpc) is 2.70. The highest BCUT2D eigenvalue weighted by Crippen LogP contribution is 2.27. The maximum atomic E-state index is 5.49. The first-order valence-corrected chi connectivity index (χ1v) is 8.93. The first-order valence-electron chi connectivity index (χ1n) is 8.93. The van der Waals surface area contributed by atoms with Crippen LogP contribution in [0.25, 0.3) is 10.9 Å². The van der Waals surface area contributed by atoms with Crippen molar-refractivity contribution >= 4 is 40.8 Å². The number of hydrogen-bond acceptors (Lipinski definition) is 6. The number of aromatic nitrogens is 2. The van der Waals surface area contributed by atoms with Gasteiger partial charge in [-0.25, -0.2) is 4.98 Å². The molecule has 0 amide bonds. The van der Waals surface area contributed by atoms with Gasteiger partial charge in [-0.2, -0.15) is 4.98 Å². The molecule has 3 aromatic rings. The zero-order chi connectivity index (χ0) is 17.8. The fourth-order valence-corrected chi connectivity index (χ4v) is 3.06. The Kier molecular flexibility index (Phi) is 6.32. The SMILES string of the molecule is CCOc1ccc(Nc2nc(N3CCOCC3)c3ccccc3n2)cc1.Cl. The molecular formula is C20H23ClN4O2. The van der Waals surface area contributed by atoms with Crippen molar-refractivity contribution in [2.45, 2.75) is 6.92 Å². The Morgan fingerprint density at radius 2 is 1.78 bits per heavy atom. The molecule has 1 fully saturated rings. The number of ether oxygens (including phenoxy) is 2. The summed E-state index contributed by atoms with van der Waals surface area (Å²) in [7, 11) is 0. The molecule has 1 saturated heterocycles. The van der Waals surface area contributed by atoms with E-state index in [4.69, 9.17) is 14.5 Å². The van der Waals surface area contributed by atoms with Crippen molar-refractivity contribution in [3.05, 3.63) is 48.5 Å². The molecule has 0 aliphatic carbocycles. The smallest absolute Gasteiger partial charge is 0.229 e. The molecule has 0 atom stereocenters. The van der Waals surface area contributed by atoms with E-state index in [9.17, 15) is 0 Å². The second-order valence-corrected chi connectivity index (χ2v) is 6.07. The monoisotopic (exact) mass is 386 g/mol. The van der Waals surface area contributed by atoms with Crippen LogP contribution in [0.4, 0.5) is 17.5 Å². The zero-order valence-electron chi connectivity index (χ0n) is 15.2. The molecule has 4 rings (SSSR count). The van der Waals surface area contributed by atoms with E-state index in [1.807, 2.05) is 49.4 Å². The van der Waals surface area contributed by atoms with Crippen LogP contribution in [0, 0.1) is 0 Å². The third-order valence-electron chi connectivity index (χ3n) is 4.32. The largest absolute Gasteiger partial charge is 0.494 e. The van der Waals surface area contributed by atoms with Gasteiger partial charge in [0.15, 0.2) is 0 Å². The summed E-state index contributed by atoms with van der Waals surface area (Å²) in [6.07, 6.45) is 0. The van der Waals surface area contributed by atoms with Crippen molar-refractivity contribution in [2.24, 2.45) is 0 Å². The maximum Gasteiger partial charge on any atom is 0.229 e. The number of morpholine rings is 1. The highest BCUT2D eigenvalue weighted by Gasteiger charge is 2.17. The van der Waals surface area contributed by atoms with E-state index in [1.54, 1.807) is 0 Å². The van der Waals surface area contributed by atoms with Crippen LogP contribution in [-0.2, 0) is 4.74 Å². The molecule has 7 heteroatoms. The fraction of sp³-hybridized carbons (Fsp3) is 0.300. The van der Waals surface area contributed by atoms with Crippen molar-refractivity contribution in [3.63, 3.8) is 0 Å². The number of hydrogen-bond donors (Lipinski definition) is 1. The molecule has 0 spiro atoms. The Morgan fingerprint density at radius 3 is 2.52 bits per heavy atom. The normalized spacial score (nSPS) is 13.9. The van der Waals surface area contributed by atoms with Gasteiger partial charge in [0, 0.05) is 24.2 Å². The number of halogens is 1. The van der Waals surface area contributed by atoms with Crippen LogP contribution in [0.5, 0.6) is 5.75 Å². The van der Waals surface area contributed by atoms with E-state index in [0.717, 1.165) is 54.5 Å². The summed E-state index contributed by atoms with van der Waals surface area (Å²) in [5.41, 5.74) is 1.86. The van der Waals surface area contributed by atoms with Gasteiger partial charge in [0.2, 0.25) is 5.95 Å². The van der Waals surface area contributed by atoms with Gasteiger partial charge in [0.05, 0.1) is 25.3 Å². The molecule has 0 unspecified atom stereocenters. The topological polar surface area (TPSA) is 59.5 Å². The van der Waals surface area contributed by atoms with Gasteiger partial charge in [-0.05, 0) is 43.3 Å². The first-order chi connectivity index (χ1) is 12.8. The van der Waals surface area contributed by atoms with Crippen LogP contribution in [0.3, 0.4) is 0 Å². The fourth-order valence-electron chi connectivity index (χ4n) is 3.06. The third kappa shape index (κ3) is 4.40. The van der Waals surface area contributed by atoms with E-state index >= 15 is 0 Å². The highest BCUT2D eigenvalue weighted by molar-refractivity contribution is 5.90. The Hall–Kier alpha value is -2.57.